The zero-order valence-electron chi connectivity index (χ0n) is 15.7. The molecule has 0 saturated heterocycles. The number of aldehydes is 1. The van der Waals surface area contributed by atoms with Gasteiger partial charge >= 0.3 is 5.97 Å². The fraction of sp³-hybridized carbons (Fsp3) is 0.130. The van der Waals surface area contributed by atoms with E-state index in [9.17, 15) is 9.59 Å². The van der Waals surface area contributed by atoms with Gasteiger partial charge in [0.1, 0.15) is 17.8 Å². The largest absolute Gasteiger partial charge is 0.497 e. The molecular formula is C23H22O4. The van der Waals surface area contributed by atoms with Gasteiger partial charge in [-0.15, -0.1) is 0 Å². The fourth-order valence-electron chi connectivity index (χ4n) is 2.41. The molecule has 4 nitrogen and oxygen atoms in total. The molecule has 27 heavy (non-hydrogen) atoms. The van der Waals surface area contributed by atoms with Crippen LogP contribution >= 0.6 is 0 Å². The molecule has 138 valence electrons. The SMILES string of the molecule is C=C(C)C(=O)Oc1ccc2c(ccc3cc(OC)ccc32)c1.C=C(C)C=O. The van der Waals surface area contributed by atoms with Gasteiger partial charge in [-0.25, -0.2) is 4.79 Å². The van der Waals surface area contributed by atoms with Crippen LogP contribution in [0.1, 0.15) is 13.8 Å². The molecule has 0 atom stereocenters. The van der Waals surface area contributed by atoms with Gasteiger partial charge in [0, 0.05) is 5.57 Å². The highest BCUT2D eigenvalue weighted by molar-refractivity contribution is 6.08. The minimum absolute atomic E-state index is 0.380. The van der Waals surface area contributed by atoms with Crippen LogP contribution in [0.25, 0.3) is 21.5 Å². The summed E-state index contributed by atoms with van der Waals surface area (Å²) < 4.78 is 10.5. The molecule has 0 N–H and O–H groups in total. The highest BCUT2D eigenvalue weighted by Crippen LogP contribution is 2.30. The molecule has 0 aliphatic heterocycles. The lowest BCUT2D eigenvalue weighted by Gasteiger charge is -2.08. The normalized spacial score (nSPS) is 9.89. The Morgan fingerprint density at radius 1 is 0.889 bits per heavy atom. The molecule has 0 radical (unpaired) electrons. The van der Waals surface area contributed by atoms with E-state index in [0.717, 1.165) is 33.6 Å². The van der Waals surface area contributed by atoms with Crippen LogP contribution in [0.5, 0.6) is 11.5 Å². The van der Waals surface area contributed by atoms with Gasteiger partial charge in [-0.3, -0.25) is 4.79 Å². The Morgan fingerprint density at radius 2 is 1.37 bits per heavy atom. The zero-order valence-corrected chi connectivity index (χ0v) is 15.7. The van der Waals surface area contributed by atoms with E-state index in [1.165, 1.54) is 0 Å². The Bertz CT molecular complexity index is 1030. The van der Waals surface area contributed by atoms with E-state index in [-0.39, 0.29) is 0 Å². The molecular weight excluding hydrogens is 340 g/mol. The number of benzene rings is 3. The lowest BCUT2D eigenvalue weighted by atomic mass is 10.0. The molecule has 0 aliphatic rings. The molecule has 4 heteroatoms. The third-order valence-corrected chi connectivity index (χ3v) is 3.77. The van der Waals surface area contributed by atoms with E-state index < -0.39 is 5.97 Å². The maximum Gasteiger partial charge on any atom is 0.338 e. The molecule has 0 spiro atoms. The quantitative estimate of drug-likeness (QED) is 0.209. The van der Waals surface area contributed by atoms with Crippen LogP contribution in [0.2, 0.25) is 0 Å². The van der Waals surface area contributed by atoms with E-state index in [4.69, 9.17) is 9.47 Å². The first-order chi connectivity index (χ1) is 12.8. The van der Waals surface area contributed by atoms with Crippen LogP contribution in [-0.2, 0) is 9.59 Å². The van der Waals surface area contributed by atoms with E-state index >= 15 is 0 Å². The number of methoxy groups -OCH3 is 1. The van der Waals surface area contributed by atoms with Gasteiger partial charge in [-0.1, -0.05) is 37.4 Å². The van der Waals surface area contributed by atoms with Crippen molar-refractivity contribution in [3.05, 3.63) is 72.8 Å². The predicted octanol–water partition coefficient (Wildman–Crippen LogP) is 5.24. The van der Waals surface area contributed by atoms with Crippen molar-refractivity contribution in [2.24, 2.45) is 0 Å². The summed E-state index contributed by atoms with van der Waals surface area (Å²) in [6.07, 6.45) is 0.722. The van der Waals surface area contributed by atoms with E-state index in [0.29, 0.717) is 16.9 Å². The first kappa shape index (κ1) is 19.9. The minimum Gasteiger partial charge on any atom is -0.497 e. The molecule has 3 aromatic rings. The minimum atomic E-state index is -0.412. The lowest BCUT2D eigenvalue weighted by Crippen LogP contribution is -2.07. The monoisotopic (exact) mass is 362 g/mol. The molecule has 0 bridgehead atoms. The molecule has 3 rings (SSSR count). The first-order valence-corrected chi connectivity index (χ1v) is 8.34. The van der Waals surface area contributed by atoms with E-state index in [1.807, 2.05) is 42.5 Å². The standard InChI is InChI=1S/C19H16O3.C4H6O/c1-12(2)19(20)22-16-7-9-18-14(11-16)5-4-13-10-15(21-3)6-8-17(13)18;1-4(2)3-5/h4-11H,1H2,2-3H3;3H,1H2,2H3. The van der Waals surface area contributed by atoms with Gasteiger partial charge in [-0.2, -0.15) is 0 Å². The van der Waals surface area contributed by atoms with Crippen molar-refractivity contribution in [1.82, 2.24) is 0 Å². The molecule has 0 fully saturated rings. The highest BCUT2D eigenvalue weighted by atomic mass is 16.5. The fourth-order valence-corrected chi connectivity index (χ4v) is 2.41. The second-order valence-corrected chi connectivity index (χ2v) is 6.17. The zero-order chi connectivity index (χ0) is 20.0. The third-order valence-electron chi connectivity index (χ3n) is 3.77. The van der Waals surface area contributed by atoms with Gasteiger partial charge < -0.3 is 9.47 Å². The summed E-state index contributed by atoms with van der Waals surface area (Å²) in [4.78, 5) is 21.0. The van der Waals surface area contributed by atoms with Crippen molar-refractivity contribution in [2.75, 3.05) is 7.11 Å². The van der Waals surface area contributed by atoms with Crippen LogP contribution in [-0.4, -0.2) is 19.4 Å². The lowest BCUT2D eigenvalue weighted by molar-refractivity contribution is -0.130. The summed E-state index contributed by atoms with van der Waals surface area (Å²) in [6, 6.07) is 15.6. The first-order valence-electron chi connectivity index (χ1n) is 8.34. The van der Waals surface area contributed by atoms with Crippen molar-refractivity contribution in [3.8, 4) is 11.5 Å². The maximum absolute atomic E-state index is 11.6. The third kappa shape index (κ3) is 5.05. The van der Waals surface area contributed by atoms with Gasteiger partial charge in [0.15, 0.2) is 0 Å². The molecule has 0 amide bonds. The Hall–Kier alpha value is -3.40. The molecule has 0 saturated carbocycles. The van der Waals surface area contributed by atoms with Gasteiger partial charge in [0.05, 0.1) is 7.11 Å². The van der Waals surface area contributed by atoms with Gasteiger partial charge in [0.25, 0.3) is 0 Å². The number of carbonyl (C=O) groups is 2. The Kier molecular flexibility index (Phi) is 6.50. The Morgan fingerprint density at radius 3 is 1.81 bits per heavy atom. The summed E-state index contributed by atoms with van der Waals surface area (Å²) >= 11 is 0. The van der Waals surface area contributed by atoms with Crippen LogP contribution in [0.3, 0.4) is 0 Å². The van der Waals surface area contributed by atoms with Gasteiger partial charge in [-0.05, 0) is 65.2 Å². The summed E-state index contributed by atoms with van der Waals surface area (Å²) in [6.45, 7) is 10.2. The number of ether oxygens (including phenoxy) is 2. The topological polar surface area (TPSA) is 52.6 Å². The van der Waals surface area contributed by atoms with Crippen LogP contribution < -0.4 is 9.47 Å². The van der Waals surface area contributed by atoms with Crippen molar-refractivity contribution in [1.29, 1.82) is 0 Å². The number of hydrogen-bond acceptors (Lipinski definition) is 4. The van der Waals surface area contributed by atoms with Crippen LogP contribution in [0.4, 0.5) is 0 Å². The molecule has 0 heterocycles. The van der Waals surface area contributed by atoms with Crippen molar-refractivity contribution in [2.45, 2.75) is 13.8 Å². The molecule has 3 aromatic carbocycles. The van der Waals surface area contributed by atoms with E-state index in [2.05, 4.69) is 13.2 Å². The molecule has 0 aromatic heterocycles. The second kappa shape index (κ2) is 8.81. The Balaban J connectivity index is 0.000000465. The van der Waals surface area contributed by atoms with Crippen molar-refractivity contribution < 1.29 is 19.1 Å². The van der Waals surface area contributed by atoms with Crippen LogP contribution in [0, 0.1) is 0 Å². The van der Waals surface area contributed by atoms with Gasteiger partial charge in [0.2, 0.25) is 0 Å². The summed E-state index contributed by atoms with van der Waals surface area (Å²) in [5, 5.41) is 4.37. The number of carbonyl (C=O) groups excluding carboxylic acids is 2. The summed E-state index contributed by atoms with van der Waals surface area (Å²) in [5.74, 6) is 0.942. The summed E-state index contributed by atoms with van der Waals surface area (Å²) in [7, 11) is 1.66. The maximum atomic E-state index is 11.6. The number of allylic oxidation sites excluding steroid dienone is 1. The molecule has 0 unspecified atom stereocenters. The van der Waals surface area contributed by atoms with Crippen LogP contribution in [0.15, 0.2) is 72.8 Å². The van der Waals surface area contributed by atoms with Crippen molar-refractivity contribution in [3.63, 3.8) is 0 Å². The average Bonchev–Trinajstić information content (AvgIpc) is 2.67. The van der Waals surface area contributed by atoms with Crippen molar-refractivity contribution >= 4 is 33.8 Å². The highest BCUT2D eigenvalue weighted by Gasteiger charge is 2.07. The number of hydrogen-bond donors (Lipinski definition) is 0. The summed E-state index contributed by atoms with van der Waals surface area (Å²) in [5.41, 5.74) is 0.954. The smallest absolute Gasteiger partial charge is 0.338 e. The number of rotatable bonds is 4. The Labute approximate surface area is 158 Å². The predicted molar refractivity (Wildman–Crippen MR) is 109 cm³/mol. The average molecular weight is 362 g/mol. The number of esters is 1. The second-order valence-electron chi connectivity index (χ2n) is 6.17. The van der Waals surface area contributed by atoms with E-state index in [1.54, 1.807) is 27.0 Å². The molecule has 0 aliphatic carbocycles. The number of fused-ring (bicyclic) bond motifs is 3.